The maximum Gasteiger partial charge on any atom is 0.253 e. The molecule has 1 aromatic rings. The molecule has 0 bridgehead atoms. The van der Waals surface area contributed by atoms with Gasteiger partial charge in [0, 0.05) is 19.8 Å². The normalized spacial score (nSPS) is 14.8. The smallest absolute Gasteiger partial charge is 0.253 e. The highest BCUT2D eigenvalue weighted by Crippen LogP contribution is 2.48. The Bertz CT molecular complexity index is 579. The molecule has 0 unspecified atom stereocenters. The van der Waals surface area contributed by atoms with Crippen molar-refractivity contribution in [2.24, 2.45) is 5.41 Å². The lowest BCUT2D eigenvalue weighted by atomic mass is 10.0. The number of nitrogens with one attached hydrogen (secondary N) is 2. The van der Waals surface area contributed by atoms with Crippen LogP contribution < -0.4 is 10.6 Å². The SMILES string of the molecule is C=CC(=O)Nc1ccccc1C(=O)NCC1(CCOCC)CC1. The minimum absolute atomic E-state index is 0.173. The average Bonchev–Trinajstić information content (AvgIpc) is 3.33. The summed E-state index contributed by atoms with van der Waals surface area (Å²) in [6.45, 7) is 7.50. The number of carbonyl (C=O) groups is 2. The third kappa shape index (κ3) is 4.93. The van der Waals surface area contributed by atoms with Crippen LogP contribution in [-0.2, 0) is 9.53 Å². The summed E-state index contributed by atoms with van der Waals surface area (Å²) in [6, 6.07) is 6.96. The second-order valence-electron chi connectivity index (χ2n) is 5.87. The lowest BCUT2D eigenvalue weighted by Gasteiger charge is -2.17. The Balaban J connectivity index is 1.93. The summed E-state index contributed by atoms with van der Waals surface area (Å²) >= 11 is 0. The van der Waals surface area contributed by atoms with E-state index in [0.29, 0.717) is 17.8 Å². The molecule has 0 aromatic heterocycles. The Kier molecular flexibility index (Phi) is 5.93. The second-order valence-corrected chi connectivity index (χ2v) is 5.87. The van der Waals surface area contributed by atoms with E-state index in [1.54, 1.807) is 24.3 Å². The zero-order valence-corrected chi connectivity index (χ0v) is 13.6. The molecular formula is C18H24N2O3. The van der Waals surface area contributed by atoms with Gasteiger partial charge in [0.05, 0.1) is 11.3 Å². The standard InChI is InChI=1S/C18H24N2O3/c1-3-16(21)20-15-8-6-5-7-14(15)17(22)19-13-18(9-10-18)11-12-23-4-2/h3,5-8H,1,4,9-13H2,2H3,(H,19,22)(H,20,21). The summed E-state index contributed by atoms with van der Waals surface area (Å²) in [6.07, 6.45) is 4.39. The quantitative estimate of drug-likeness (QED) is 0.544. The second kappa shape index (κ2) is 7.92. The Morgan fingerprint density at radius 2 is 2.09 bits per heavy atom. The maximum atomic E-state index is 12.4. The largest absolute Gasteiger partial charge is 0.382 e. The maximum absolute atomic E-state index is 12.4. The van der Waals surface area contributed by atoms with Crippen LogP contribution in [0.1, 0.15) is 36.5 Å². The molecule has 0 atom stereocenters. The van der Waals surface area contributed by atoms with E-state index < -0.39 is 0 Å². The molecule has 0 saturated heterocycles. The molecular weight excluding hydrogens is 292 g/mol. The van der Waals surface area contributed by atoms with Gasteiger partial charge in [-0.3, -0.25) is 9.59 Å². The van der Waals surface area contributed by atoms with Crippen LogP contribution in [0.5, 0.6) is 0 Å². The minimum atomic E-state index is -0.333. The third-order valence-corrected chi connectivity index (χ3v) is 4.18. The average molecular weight is 316 g/mol. The number of ether oxygens (including phenoxy) is 1. The molecule has 5 nitrogen and oxygen atoms in total. The predicted molar refractivity (Wildman–Crippen MR) is 90.4 cm³/mol. The van der Waals surface area contributed by atoms with E-state index in [9.17, 15) is 9.59 Å². The van der Waals surface area contributed by atoms with Crippen molar-refractivity contribution in [1.82, 2.24) is 5.32 Å². The first-order valence-electron chi connectivity index (χ1n) is 7.98. The van der Waals surface area contributed by atoms with Crippen molar-refractivity contribution >= 4 is 17.5 Å². The Hall–Kier alpha value is -2.14. The van der Waals surface area contributed by atoms with Crippen molar-refractivity contribution in [3.05, 3.63) is 42.5 Å². The van der Waals surface area contributed by atoms with E-state index >= 15 is 0 Å². The van der Waals surface area contributed by atoms with Crippen LogP contribution in [0.2, 0.25) is 0 Å². The number of hydrogen-bond acceptors (Lipinski definition) is 3. The number of rotatable bonds is 9. The zero-order valence-electron chi connectivity index (χ0n) is 13.6. The van der Waals surface area contributed by atoms with E-state index in [1.165, 1.54) is 6.08 Å². The summed E-state index contributed by atoms with van der Waals surface area (Å²) in [4.78, 5) is 23.9. The van der Waals surface area contributed by atoms with E-state index in [0.717, 1.165) is 32.5 Å². The summed E-state index contributed by atoms with van der Waals surface area (Å²) in [5.41, 5.74) is 1.14. The molecule has 1 fully saturated rings. The van der Waals surface area contributed by atoms with Gasteiger partial charge in [-0.1, -0.05) is 18.7 Å². The number of hydrogen-bond donors (Lipinski definition) is 2. The van der Waals surface area contributed by atoms with Gasteiger partial charge in [0.2, 0.25) is 5.91 Å². The van der Waals surface area contributed by atoms with E-state index in [-0.39, 0.29) is 17.2 Å². The van der Waals surface area contributed by atoms with Crippen molar-refractivity contribution in [2.45, 2.75) is 26.2 Å². The van der Waals surface area contributed by atoms with Crippen LogP contribution in [-0.4, -0.2) is 31.6 Å². The molecule has 0 heterocycles. The molecule has 2 N–H and O–H groups in total. The minimum Gasteiger partial charge on any atom is -0.382 e. The van der Waals surface area contributed by atoms with Crippen molar-refractivity contribution in [3.63, 3.8) is 0 Å². The fraction of sp³-hybridized carbons (Fsp3) is 0.444. The first kappa shape index (κ1) is 17.2. The third-order valence-electron chi connectivity index (χ3n) is 4.18. The highest BCUT2D eigenvalue weighted by molar-refractivity contribution is 6.06. The lowest BCUT2D eigenvalue weighted by Crippen LogP contribution is -2.31. The van der Waals surface area contributed by atoms with Gasteiger partial charge in [-0.15, -0.1) is 0 Å². The monoisotopic (exact) mass is 316 g/mol. The van der Waals surface area contributed by atoms with Gasteiger partial charge in [-0.05, 0) is 49.8 Å². The van der Waals surface area contributed by atoms with Gasteiger partial charge in [-0.2, -0.15) is 0 Å². The fourth-order valence-corrected chi connectivity index (χ4v) is 2.46. The topological polar surface area (TPSA) is 67.4 Å². The molecule has 0 spiro atoms. The molecule has 0 radical (unpaired) electrons. The van der Waals surface area contributed by atoms with Crippen LogP contribution in [0.15, 0.2) is 36.9 Å². The van der Waals surface area contributed by atoms with Crippen molar-refractivity contribution in [2.75, 3.05) is 25.1 Å². The van der Waals surface area contributed by atoms with Crippen molar-refractivity contribution in [1.29, 1.82) is 0 Å². The van der Waals surface area contributed by atoms with Crippen LogP contribution in [0.25, 0.3) is 0 Å². The van der Waals surface area contributed by atoms with Gasteiger partial charge in [-0.25, -0.2) is 0 Å². The van der Waals surface area contributed by atoms with Crippen molar-refractivity contribution < 1.29 is 14.3 Å². The van der Waals surface area contributed by atoms with Gasteiger partial charge in [0.1, 0.15) is 0 Å². The number of anilines is 1. The molecule has 1 saturated carbocycles. The summed E-state index contributed by atoms with van der Waals surface area (Å²) in [5, 5.41) is 5.65. The molecule has 1 aliphatic carbocycles. The van der Waals surface area contributed by atoms with Crippen LogP contribution in [0.3, 0.4) is 0 Å². The van der Waals surface area contributed by atoms with Crippen LogP contribution in [0.4, 0.5) is 5.69 Å². The highest BCUT2D eigenvalue weighted by Gasteiger charge is 2.42. The number of carbonyl (C=O) groups excluding carboxylic acids is 2. The van der Waals surface area contributed by atoms with E-state index in [1.807, 2.05) is 6.92 Å². The number of benzene rings is 1. The highest BCUT2D eigenvalue weighted by atomic mass is 16.5. The molecule has 0 aliphatic heterocycles. The van der Waals surface area contributed by atoms with Crippen LogP contribution in [0, 0.1) is 5.41 Å². The molecule has 2 amide bonds. The molecule has 124 valence electrons. The fourth-order valence-electron chi connectivity index (χ4n) is 2.46. The number of para-hydroxylation sites is 1. The Morgan fingerprint density at radius 3 is 2.74 bits per heavy atom. The predicted octanol–water partition coefficient (Wildman–Crippen LogP) is 2.75. The Morgan fingerprint density at radius 1 is 1.35 bits per heavy atom. The van der Waals surface area contributed by atoms with Crippen molar-refractivity contribution in [3.8, 4) is 0 Å². The molecule has 5 heteroatoms. The zero-order chi connectivity index (χ0) is 16.7. The van der Waals surface area contributed by atoms with Gasteiger partial charge < -0.3 is 15.4 Å². The first-order chi connectivity index (χ1) is 11.1. The lowest BCUT2D eigenvalue weighted by molar-refractivity contribution is -0.111. The molecule has 23 heavy (non-hydrogen) atoms. The molecule has 1 aromatic carbocycles. The number of amides is 2. The Labute approximate surface area is 137 Å². The van der Waals surface area contributed by atoms with Crippen LogP contribution >= 0.6 is 0 Å². The molecule has 1 aliphatic rings. The van der Waals surface area contributed by atoms with Gasteiger partial charge in [0.25, 0.3) is 5.91 Å². The van der Waals surface area contributed by atoms with E-state index in [2.05, 4.69) is 17.2 Å². The van der Waals surface area contributed by atoms with Gasteiger partial charge in [0.15, 0.2) is 0 Å². The van der Waals surface area contributed by atoms with Gasteiger partial charge >= 0.3 is 0 Å². The summed E-state index contributed by atoms with van der Waals surface area (Å²) in [7, 11) is 0. The summed E-state index contributed by atoms with van der Waals surface area (Å²) in [5.74, 6) is -0.506. The summed E-state index contributed by atoms with van der Waals surface area (Å²) < 4.78 is 5.41. The molecule has 2 rings (SSSR count). The van der Waals surface area contributed by atoms with E-state index in [4.69, 9.17) is 4.74 Å². The first-order valence-corrected chi connectivity index (χ1v) is 7.98.